The lowest BCUT2D eigenvalue weighted by Gasteiger charge is -2.07. The first-order valence-electron chi connectivity index (χ1n) is 3.84. The van der Waals surface area contributed by atoms with Gasteiger partial charge in [-0.05, 0) is 0 Å². The van der Waals surface area contributed by atoms with Crippen molar-refractivity contribution < 1.29 is 0 Å². The van der Waals surface area contributed by atoms with Crippen LogP contribution in [0.4, 0.5) is 0 Å². The summed E-state index contributed by atoms with van der Waals surface area (Å²) in [5.41, 5.74) is 0. The zero-order valence-corrected chi connectivity index (χ0v) is 6.88. The first kappa shape index (κ1) is 7.78. The van der Waals surface area contributed by atoms with Crippen molar-refractivity contribution in [3.05, 3.63) is 18.5 Å². The van der Waals surface area contributed by atoms with Gasteiger partial charge in [-0.15, -0.1) is 0 Å². The van der Waals surface area contributed by atoms with Gasteiger partial charge in [0.2, 0.25) is 0 Å². The second-order valence-electron chi connectivity index (χ2n) is 2.43. The van der Waals surface area contributed by atoms with Crippen molar-refractivity contribution in [3.8, 4) is 0 Å². The number of hydrogen-bond donors (Lipinski definition) is 1. The number of hydrogen-bond acceptors (Lipinski definition) is 6. The molecule has 0 spiro atoms. The summed E-state index contributed by atoms with van der Waals surface area (Å²) in [6, 6.07) is 0. The molecule has 0 atom stereocenters. The summed E-state index contributed by atoms with van der Waals surface area (Å²) in [5.74, 6) is 1.54. The smallest absolute Gasteiger partial charge is 0.139 e. The highest BCUT2D eigenvalue weighted by Gasteiger charge is 2.03. The average Bonchev–Trinajstić information content (AvgIpc) is 2.21. The Hall–Kier alpha value is -1.85. The van der Waals surface area contributed by atoms with E-state index in [9.17, 15) is 0 Å². The van der Waals surface area contributed by atoms with Crippen molar-refractivity contribution in [2.75, 3.05) is 6.67 Å². The van der Waals surface area contributed by atoms with E-state index < -0.39 is 0 Å². The molecule has 0 aliphatic carbocycles. The van der Waals surface area contributed by atoms with Crippen LogP contribution < -0.4 is 5.32 Å². The Kier molecular flexibility index (Phi) is 2.22. The molecule has 0 amide bonds. The molecular weight excluding hydrogens is 168 g/mol. The van der Waals surface area contributed by atoms with Crippen molar-refractivity contribution in [1.82, 2.24) is 20.3 Å². The van der Waals surface area contributed by atoms with Gasteiger partial charge >= 0.3 is 0 Å². The fourth-order valence-corrected chi connectivity index (χ4v) is 0.944. The predicted octanol–water partition coefficient (Wildman–Crippen LogP) is -0.598. The van der Waals surface area contributed by atoms with E-state index in [4.69, 9.17) is 0 Å². The van der Waals surface area contributed by atoms with Crippen LogP contribution in [0, 0.1) is 0 Å². The summed E-state index contributed by atoms with van der Waals surface area (Å²) in [6.07, 6.45) is 5.16. The second-order valence-corrected chi connectivity index (χ2v) is 2.43. The lowest BCUT2D eigenvalue weighted by Crippen LogP contribution is -2.27. The summed E-state index contributed by atoms with van der Waals surface area (Å²) in [5, 5.41) is 2.93. The van der Waals surface area contributed by atoms with E-state index in [1.54, 1.807) is 6.34 Å². The van der Waals surface area contributed by atoms with E-state index in [2.05, 4.69) is 30.3 Å². The van der Waals surface area contributed by atoms with Crippen molar-refractivity contribution in [3.63, 3.8) is 0 Å². The Balaban J connectivity index is 2.02. The minimum Gasteiger partial charge on any atom is -0.335 e. The van der Waals surface area contributed by atoms with Gasteiger partial charge in [-0.25, -0.2) is 19.9 Å². The van der Waals surface area contributed by atoms with E-state index in [0.717, 1.165) is 5.84 Å². The van der Waals surface area contributed by atoms with Crippen LogP contribution in [-0.4, -0.2) is 33.8 Å². The summed E-state index contributed by atoms with van der Waals surface area (Å²) in [4.78, 5) is 19.7. The standard InChI is InChI=1S/C7H8N6/c1(6-10-2-8-3-11-6)7-12-4-9-5-13-7/h2-4H,1,5H2,(H,9,12,13). The number of nitrogens with zero attached hydrogens (tertiary/aromatic N) is 5. The lowest BCUT2D eigenvalue weighted by atomic mass is 10.3. The van der Waals surface area contributed by atoms with Gasteiger partial charge in [-0.1, -0.05) is 0 Å². The molecule has 1 aliphatic heterocycles. The maximum atomic E-state index is 4.13. The number of aliphatic imine (C=N–C) groups is 2. The summed E-state index contributed by atoms with van der Waals surface area (Å²) in [7, 11) is 0. The molecule has 2 rings (SSSR count). The first-order chi connectivity index (χ1) is 6.45. The second kappa shape index (κ2) is 3.70. The molecule has 0 fully saturated rings. The van der Waals surface area contributed by atoms with Gasteiger partial charge in [-0.3, -0.25) is 4.99 Å². The third-order valence-corrected chi connectivity index (χ3v) is 1.54. The number of rotatable bonds is 2. The molecule has 66 valence electrons. The molecule has 1 aromatic rings. The Morgan fingerprint density at radius 2 is 2.15 bits per heavy atom. The van der Waals surface area contributed by atoms with Crippen LogP contribution in [0.25, 0.3) is 0 Å². The van der Waals surface area contributed by atoms with E-state index in [-0.39, 0.29) is 0 Å². The van der Waals surface area contributed by atoms with Crippen LogP contribution in [0.2, 0.25) is 0 Å². The van der Waals surface area contributed by atoms with E-state index >= 15 is 0 Å². The third-order valence-electron chi connectivity index (χ3n) is 1.54. The maximum absolute atomic E-state index is 4.13. The fraction of sp³-hybridized carbons (Fsp3) is 0.286. The number of amidine groups is 1. The fourth-order valence-electron chi connectivity index (χ4n) is 0.944. The van der Waals surface area contributed by atoms with Crippen LogP contribution >= 0.6 is 0 Å². The van der Waals surface area contributed by atoms with Crippen LogP contribution in [0.1, 0.15) is 5.82 Å². The SMILES string of the molecule is C1=NCN=C(Cc2ncncn2)N1. The Morgan fingerprint density at radius 1 is 1.31 bits per heavy atom. The molecule has 0 unspecified atom stereocenters. The molecule has 1 N–H and O–H groups in total. The molecule has 0 aromatic carbocycles. The van der Waals surface area contributed by atoms with Gasteiger partial charge in [-0.2, -0.15) is 0 Å². The maximum Gasteiger partial charge on any atom is 0.139 e. The zero-order chi connectivity index (χ0) is 8.93. The quantitative estimate of drug-likeness (QED) is 0.653. The lowest BCUT2D eigenvalue weighted by molar-refractivity contribution is 0.918. The minimum absolute atomic E-state index is 0.480. The van der Waals surface area contributed by atoms with Gasteiger partial charge in [0.15, 0.2) is 0 Å². The van der Waals surface area contributed by atoms with Crippen molar-refractivity contribution in [2.24, 2.45) is 9.98 Å². The molecule has 1 aliphatic rings. The number of nitrogens with one attached hydrogen (secondary N) is 1. The van der Waals surface area contributed by atoms with Gasteiger partial charge in [0, 0.05) is 0 Å². The van der Waals surface area contributed by atoms with Gasteiger partial charge in [0.25, 0.3) is 0 Å². The molecule has 2 heterocycles. The van der Waals surface area contributed by atoms with Crippen LogP contribution in [0.15, 0.2) is 22.6 Å². The largest absolute Gasteiger partial charge is 0.335 e. The molecule has 6 nitrogen and oxygen atoms in total. The third kappa shape index (κ3) is 2.05. The molecule has 0 saturated heterocycles. The van der Waals surface area contributed by atoms with Gasteiger partial charge < -0.3 is 5.32 Å². The number of aromatic nitrogens is 3. The monoisotopic (exact) mass is 176 g/mol. The Morgan fingerprint density at radius 3 is 2.85 bits per heavy atom. The predicted molar refractivity (Wildman–Crippen MR) is 47.5 cm³/mol. The molecule has 1 aromatic heterocycles. The van der Waals surface area contributed by atoms with Crippen molar-refractivity contribution in [2.45, 2.75) is 6.42 Å². The van der Waals surface area contributed by atoms with E-state index in [1.807, 2.05) is 0 Å². The van der Waals surface area contributed by atoms with Crippen LogP contribution in [0.5, 0.6) is 0 Å². The first-order valence-corrected chi connectivity index (χ1v) is 3.84. The normalized spacial score (nSPS) is 14.9. The summed E-state index contributed by atoms with van der Waals surface area (Å²) in [6.45, 7) is 0.480. The topological polar surface area (TPSA) is 75.4 Å². The van der Waals surface area contributed by atoms with Crippen molar-refractivity contribution in [1.29, 1.82) is 0 Å². The zero-order valence-electron chi connectivity index (χ0n) is 6.88. The highest BCUT2D eigenvalue weighted by Crippen LogP contribution is 1.91. The molecule has 6 heteroatoms. The summed E-state index contributed by atoms with van der Waals surface area (Å²) >= 11 is 0. The minimum atomic E-state index is 0.480. The molecule has 0 radical (unpaired) electrons. The Labute approximate surface area is 74.9 Å². The molecule has 0 saturated carbocycles. The molecular formula is C7H8N6. The molecule has 0 bridgehead atoms. The van der Waals surface area contributed by atoms with Crippen molar-refractivity contribution >= 4 is 12.2 Å². The van der Waals surface area contributed by atoms with Crippen LogP contribution in [0.3, 0.4) is 0 Å². The highest BCUT2D eigenvalue weighted by molar-refractivity contribution is 5.93. The summed E-state index contributed by atoms with van der Waals surface area (Å²) < 4.78 is 0. The molecule has 13 heavy (non-hydrogen) atoms. The van der Waals surface area contributed by atoms with E-state index in [0.29, 0.717) is 18.9 Å². The van der Waals surface area contributed by atoms with Gasteiger partial charge in [0.1, 0.15) is 31.0 Å². The average molecular weight is 176 g/mol. The van der Waals surface area contributed by atoms with E-state index in [1.165, 1.54) is 12.7 Å². The van der Waals surface area contributed by atoms with Crippen LogP contribution in [-0.2, 0) is 6.42 Å². The highest BCUT2D eigenvalue weighted by atomic mass is 15.1. The van der Waals surface area contributed by atoms with Gasteiger partial charge in [0.05, 0.1) is 12.8 Å². The Bertz CT molecular complexity index is 330.